The summed E-state index contributed by atoms with van der Waals surface area (Å²) in [6.07, 6.45) is 2.32. The average molecular weight is 307 g/mol. The summed E-state index contributed by atoms with van der Waals surface area (Å²) < 4.78 is 7.15. The van der Waals surface area contributed by atoms with Crippen molar-refractivity contribution < 1.29 is 9.53 Å². The number of benzene rings is 2. The molecule has 3 rings (SSSR count). The Morgan fingerprint density at radius 2 is 1.83 bits per heavy atom. The van der Waals surface area contributed by atoms with E-state index in [9.17, 15) is 4.79 Å². The van der Waals surface area contributed by atoms with E-state index in [1.165, 1.54) is 5.56 Å². The van der Waals surface area contributed by atoms with Gasteiger partial charge < -0.3 is 9.30 Å². The zero-order chi connectivity index (χ0) is 16.2. The molecule has 0 aliphatic heterocycles. The van der Waals surface area contributed by atoms with E-state index in [2.05, 4.69) is 12.1 Å². The van der Waals surface area contributed by atoms with E-state index in [4.69, 9.17) is 4.74 Å². The van der Waals surface area contributed by atoms with Gasteiger partial charge in [-0.25, -0.2) is 0 Å². The minimum atomic E-state index is 0.206. The Labute approximate surface area is 136 Å². The molecule has 0 saturated heterocycles. The standard InChI is InChI=1S/C20H21NO2/c1-21-18-8-4-3-7-16(18)14-19(21)20(22)9-5-6-15-10-12-17(23-2)13-11-15/h3-4,7-8,10-14H,5-6,9H2,1-2H3. The Hall–Kier alpha value is -2.55. The van der Waals surface area contributed by atoms with Crippen LogP contribution in [0.15, 0.2) is 54.6 Å². The van der Waals surface area contributed by atoms with Crippen LogP contribution < -0.4 is 4.74 Å². The van der Waals surface area contributed by atoms with Gasteiger partial charge in [-0.1, -0.05) is 30.3 Å². The maximum absolute atomic E-state index is 12.5. The molecule has 1 aromatic heterocycles. The predicted octanol–water partition coefficient (Wildman–Crippen LogP) is 4.39. The first-order valence-electron chi connectivity index (χ1n) is 7.89. The number of carbonyl (C=O) groups excluding carboxylic acids is 1. The van der Waals surface area contributed by atoms with Crippen LogP contribution in [-0.4, -0.2) is 17.5 Å². The van der Waals surface area contributed by atoms with Crippen molar-refractivity contribution in [2.24, 2.45) is 7.05 Å². The van der Waals surface area contributed by atoms with Gasteiger partial charge in [0.2, 0.25) is 0 Å². The van der Waals surface area contributed by atoms with E-state index in [-0.39, 0.29) is 5.78 Å². The first-order chi connectivity index (χ1) is 11.2. The lowest BCUT2D eigenvalue weighted by molar-refractivity contribution is 0.0973. The van der Waals surface area contributed by atoms with E-state index in [0.717, 1.165) is 35.2 Å². The number of Topliss-reactive ketones (excluding diaryl/α,β-unsaturated/α-hetero) is 1. The van der Waals surface area contributed by atoms with Gasteiger partial charge in [-0.2, -0.15) is 0 Å². The van der Waals surface area contributed by atoms with Gasteiger partial charge >= 0.3 is 0 Å². The fourth-order valence-electron chi connectivity index (χ4n) is 2.93. The second kappa shape index (κ2) is 6.69. The van der Waals surface area contributed by atoms with Gasteiger partial charge in [0.25, 0.3) is 0 Å². The fourth-order valence-corrected chi connectivity index (χ4v) is 2.93. The van der Waals surface area contributed by atoms with Gasteiger partial charge in [0, 0.05) is 24.4 Å². The quantitative estimate of drug-likeness (QED) is 0.632. The summed E-state index contributed by atoms with van der Waals surface area (Å²) in [5.74, 6) is 1.07. The van der Waals surface area contributed by atoms with Crippen molar-refractivity contribution in [2.75, 3.05) is 7.11 Å². The molecule has 3 aromatic rings. The second-order valence-corrected chi connectivity index (χ2v) is 5.77. The lowest BCUT2D eigenvalue weighted by Gasteiger charge is -2.05. The summed E-state index contributed by atoms with van der Waals surface area (Å²) in [5, 5.41) is 1.12. The van der Waals surface area contributed by atoms with Crippen molar-refractivity contribution in [1.82, 2.24) is 4.57 Å². The van der Waals surface area contributed by atoms with Gasteiger partial charge in [-0.3, -0.25) is 4.79 Å². The van der Waals surface area contributed by atoms with Gasteiger partial charge in [0.15, 0.2) is 5.78 Å². The van der Waals surface area contributed by atoms with Crippen LogP contribution in [0.2, 0.25) is 0 Å². The van der Waals surface area contributed by atoms with Crippen LogP contribution >= 0.6 is 0 Å². The molecule has 0 aliphatic carbocycles. The minimum Gasteiger partial charge on any atom is -0.497 e. The summed E-state index contributed by atoms with van der Waals surface area (Å²) in [6, 6.07) is 18.1. The third-order valence-electron chi connectivity index (χ3n) is 4.27. The number of aryl methyl sites for hydroxylation is 2. The van der Waals surface area contributed by atoms with Crippen LogP contribution in [0.4, 0.5) is 0 Å². The second-order valence-electron chi connectivity index (χ2n) is 5.77. The van der Waals surface area contributed by atoms with Crippen LogP contribution in [0.5, 0.6) is 5.75 Å². The van der Waals surface area contributed by atoms with Crippen LogP contribution in [0, 0.1) is 0 Å². The van der Waals surface area contributed by atoms with E-state index < -0.39 is 0 Å². The molecule has 0 atom stereocenters. The normalized spacial score (nSPS) is 10.9. The molecule has 0 unspecified atom stereocenters. The molecule has 0 saturated carbocycles. The number of hydrogen-bond donors (Lipinski definition) is 0. The maximum Gasteiger partial charge on any atom is 0.179 e. The zero-order valence-electron chi connectivity index (χ0n) is 13.6. The molecule has 118 valence electrons. The molecule has 0 radical (unpaired) electrons. The summed E-state index contributed by atoms with van der Waals surface area (Å²) in [5.41, 5.74) is 3.13. The first kappa shape index (κ1) is 15.3. The van der Waals surface area contributed by atoms with Crippen molar-refractivity contribution >= 4 is 16.7 Å². The van der Waals surface area contributed by atoms with Gasteiger partial charge in [-0.05, 0) is 42.7 Å². The lowest BCUT2D eigenvalue weighted by Crippen LogP contribution is -2.06. The van der Waals surface area contributed by atoms with Gasteiger partial charge in [0.05, 0.1) is 12.8 Å². The van der Waals surface area contributed by atoms with Gasteiger partial charge in [0.1, 0.15) is 5.75 Å². The number of nitrogens with zero attached hydrogens (tertiary/aromatic N) is 1. The summed E-state index contributed by atoms with van der Waals surface area (Å²) in [4.78, 5) is 12.5. The highest BCUT2D eigenvalue weighted by Crippen LogP contribution is 2.20. The number of aromatic nitrogens is 1. The maximum atomic E-state index is 12.5. The molecule has 0 aliphatic rings. The van der Waals surface area contributed by atoms with E-state index in [1.54, 1.807) is 7.11 Å². The van der Waals surface area contributed by atoms with Crippen molar-refractivity contribution in [1.29, 1.82) is 0 Å². The largest absolute Gasteiger partial charge is 0.497 e. The number of hydrogen-bond acceptors (Lipinski definition) is 2. The smallest absolute Gasteiger partial charge is 0.179 e. The third kappa shape index (κ3) is 3.29. The lowest BCUT2D eigenvalue weighted by atomic mass is 10.1. The number of ether oxygens (including phenoxy) is 1. The Balaban J connectivity index is 1.63. The van der Waals surface area contributed by atoms with E-state index in [0.29, 0.717) is 6.42 Å². The molecule has 3 heteroatoms. The van der Waals surface area contributed by atoms with E-state index >= 15 is 0 Å². The Kier molecular flexibility index (Phi) is 4.47. The molecule has 23 heavy (non-hydrogen) atoms. The molecule has 3 nitrogen and oxygen atoms in total. The number of para-hydroxylation sites is 1. The SMILES string of the molecule is COc1ccc(CCCC(=O)c2cc3ccccc3n2C)cc1. The Morgan fingerprint density at radius 3 is 2.52 bits per heavy atom. The Morgan fingerprint density at radius 1 is 1.09 bits per heavy atom. The number of rotatable bonds is 6. The first-order valence-corrected chi connectivity index (χ1v) is 7.89. The van der Waals surface area contributed by atoms with Gasteiger partial charge in [-0.15, -0.1) is 0 Å². The zero-order valence-corrected chi connectivity index (χ0v) is 13.6. The topological polar surface area (TPSA) is 31.2 Å². The van der Waals surface area contributed by atoms with Crippen molar-refractivity contribution in [3.8, 4) is 5.75 Å². The highest BCUT2D eigenvalue weighted by molar-refractivity contribution is 6.00. The third-order valence-corrected chi connectivity index (χ3v) is 4.27. The summed E-state index contributed by atoms with van der Waals surface area (Å²) in [7, 11) is 3.62. The van der Waals surface area contributed by atoms with Crippen molar-refractivity contribution in [3.05, 3.63) is 65.9 Å². The number of ketones is 1. The molecule has 0 fully saturated rings. The molecular formula is C20H21NO2. The number of fused-ring (bicyclic) bond motifs is 1. The Bertz CT molecular complexity index is 815. The van der Waals surface area contributed by atoms with Crippen molar-refractivity contribution in [2.45, 2.75) is 19.3 Å². The molecule has 2 aromatic carbocycles. The average Bonchev–Trinajstić information content (AvgIpc) is 2.93. The molecule has 0 N–H and O–H groups in total. The number of methoxy groups -OCH3 is 1. The molecule has 1 heterocycles. The highest BCUT2D eigenvalue weighted by Gasteiger charge is 2.12. The molecule has 0 bridgehead atoms. The summed E-state index contributed by atoms with van der Waals surface area (Å²) in [6.45, 7) is 0. The van der Waals surface area contributed by atoms with Crippen LogP contribution in [0.3, 0.4) is 0 Å². The predicted molar refractivity (Wildman–Crippen MR) is 93.2 cm³/mol. The summed E-state index contributed by atoms with van der Waals surface area (Å²) >= 11 is 0. The van der Waals surface area contributed by atoms with Crippen LogP contribution in [0.1, 0.15) is 28.9 Å². The fraction of sp³-hybridized carbons (Fsp3) is 0.250. The molecular weight excluding hydrogens is 286 g/mol. The number of carbonyl (C=O) groups is 1. The molecule has 0 spiro atoms. The monoisotopic (exact) mass is 307 g/mol. The minimum absolute atomic E-state index is 0.206. The molecule has 0 amide bonds. The van der Waals surface area contributed by atoms with E-state index in [1.807, 2.05) is 54.1 Å². The van der Waals surface area contributed by atoms with Crippen molar-refractivity contribution in [3.63, 3.8) is 0 Å². The highest BCUT2D eigenvalue weighted by atomic mass is 16.5. The van der Waals surface area contributed by atoms with Crippen LogP contribution in [0.25, 0.3) is 10.9 Å². The van der Waals surface area contributed by atoms with Crippen LogP contribution in [-0.2, 0) is 13.5 Å².